The molecule has 1 atom stereocenters. The van der Waals surface area contributed by atoms with Crippen molar-refractivity contribution in [2.75, 3.05) is 27.4 Å². The maximum atomic E-state index is 5.18. The molecule has 94 valence electrons. The van der Waals surface area contributed by atoms with Gasteiger partial charge in [-0.1, -0.05) is 12.1 Å². The molecule has 1 aromatic rings. The average Bonchev–Trinajstić information content (AvgIpc) is 3.19. The van der Waals surface area contributed by atoms with Gasteiger partial charge in [-0.15, -0.1) is 0 Å². The maximum absolute atomic E-state index is 5.18. The molecular formula is C14H21NO2. The smallest absolute Gasteiger partial charge is 0.118 e. The van der Waals surface area contributed by atoms with Crippen molar-refractivity contribution < 1.29 is 9.47 Å². The molecule has 1 unspecified atom stereocenters. The third-order valence-electron chi connectivity index (χ3n) is 3.24. The Morgan fingerprint density at radius 1 is 1.24 bits per heavy atom. The van der Waals surface area contributed by atoms with Crippen LogP contribution in [-0.2, 0) is 4.74 Å². The Bertz CT molecular complexity index is 333. The van der Waals surface area contributed by atoms with E-state index in [1.165, 1.54) is 18.4 Å². The summed E-state index contributed by atoms with van der Waals surface area (Å²) in [5.74, 6) is 1.71. The Balaban J connectivity index is 1.98. The summed E-state index contributed by atoms with van der Waals surface area (Å²) in [7, 11) is 3.44. The van der Waals surface area contributed by atoms with Crippen LogP contribution in [0.25, 0.3) is 0 Å². The van der Waals surface area contributed by atoms with Gasteiger partial charge in [-0.25, -0.2) is 0 Å². The van der Waals surface area contributed by atoms with Crippen LogP contribution in [0.1, 0.15) is 24.4 Å². The van der Waals surface area contributed by atoms with Crippen LogP contribution < -0.4 is 10.1 Å². The highest BCUT2D eigenvalue weighted by Gasteiger charge is 2.31. The number of hydrogen-bond acceptors (Lipinski definition) is 3. The summed E-state index contributed by atoms with van der Waals surface area (Å²) in [4.78, 5) is 0. The second-order valence-corrected chi connectivity index (χ2v) is 4.54. The van der Waals surface area contributed by atoms with Crippen molar-refractivity contribution in [3.05, 3.63) is 29.8 Å². The zero-order chi connectivity index (χ0) is 12.1. The first kappa shape index (κ1) is 12.4. The minimum atomic E-state index is 0.469. The lowest BCUT2D eigenvalue weighted by atomic mass is 10.0. The summed E-state index contributed by atoms with van der Waals surface area (Å²) in [5, 5.41) is 3.57. The molecule has 0 spiro atoms. The predicted octanol–water partition coefficient (Wildman–Crippen LogP) is 2.38. The van der Waals surface area contributed by atoms with E-state index in [0.717, 1.165) is 24.8 Å². The van der Waals surface area contributed by atoms with Crippen LogP contribution in [0.4, 0.5) is 0 Å². The third kappa shape index (κ3) is 3.45. The van der Waals surface area contributed by atoms with Gasteiger partial charge in [0, 0.05) is 19.7 Å². The molecule has 3 heteroatoms. The third-order valence-corrected chi connectivity index (χ3v) is 3.24. The zero-order valence-electron chi connectivity index (χ0n) is 10.6. The van der Waals surface area contributed by atoms with Crippen LogP contribution in [-0.4, -0.2) is 27.4 Å². The quantitative estimate of drug-likeness (QED) is 0.736. The Labute approximate surface area is 103 Å². The molecule has 1 saturated carbocycles. The van der Waals surface area contributed by atoms with Gasteiger partial charge >= 0.3 is 0 Å². The molecule has 0 bridgehead atoms. The molecule has 0 saturated heterocycles. The SMILES string of the molecule is COCCNC(c1ccc(OC)cc1)C1CC1. The van der Waals surface area contributed by atoms with Crippen LogP contribution in [0.2, 0.25) is 0 Å². The Hall–Kier alpha value is -1.06. The van der Waals surface area contributed by atoms with Crippen molar-refractivity contribution in [1.82, 2.24) is 5.32 Å². The summed E-state index contributed by atoms with van der Waals surface area (Å²) in [6.45, 7) is 1.67. The highest BCUT2D eigenvalue weighted by Crippen LogP contribution is 2.41. The molecule has 0 aliphatic heterocycles. The van der Waals surface area contributed by atoms with Crippen LogP contribution in [0.15, 0.2) is 24.3 Å². The van der Waals surface area contributed by atoms with E-state index in [2.05, 4.69) is 17.4 Å². The summed E-state index contributed by atoms with van der Waals surface area (Å²) in [6, 6.07) is 8.84. The number of hydrogen-bond donors (Lipinski definition) is 1. The Morgan fingerprint density at radius 2 is 1.94 bits per heavy atom. The first-order valence-corrected chi connectivity index (χ1v) is 6.21. The number of ether oxygens (including phenoxy) is 2. The lowest BCUT2D eigenvalue weighted by Crippen LogP contribution is -2.26. The highest BCUT2D eigenvalue weighted by molar-refractivity contribution is 5.30. The van der Waals surface area contributed by atoms with Crippen molar-refractivity contribution >= 4 is 0 Å². The van der Waals surface area contributed by atoms with Gasteiger partial charge in [0.2, 0.25) is 0 Å². The summed E-state index contributed by atoms with van der Waals surface area (Å²) < 4.78 is 10.3. The van der Waals surface area contributed by atoms with Gasteiger partial charge < -0.3 is 14.8 Å². The zero-order valence-corrected chi connectivity index (χ0v) is 10.6. The van der Waals surface area contributed by atoms with Crippen LogP contribution >= 0.6 is 0 Å². The lowest BCUT2D eigenvalue weighted by Gasteiger charge is -2.18. The van der Waals surface area contributed by atoms with Gasteiger partial charge in [0.1, 0.15) is 5.75 Å². The molecule has 0 radical (unpaired) electrons. The highest BCUT2D eigenvalue weighted by atomic mass is 16.5. The fraction of sp³-hybridized carbons (Fsp3) is 0.571. The fourth-order valence-corrected chi connectivity index (χ4v) is 2.11. The fourth-order valence-electron chi connectivity index (χ4n) is 2.11. The van der Waals surface area contributed by atoms with Gasteiger partial charge in [0.05, 0.1) is 13.7 Å². The van der Waals surface area contributed by atoms with Gasteiger partial charge in [-0.05, 0) is 36.5 Å². The van der Waals surface area contributed by atoms with E-state index in [1.54, 1.807) is 14.2 Å². The standard InChI is InChI=1S/C14H21NO2/c1-16-10-9-15-14(11-3-4-11)12-5-7-13(17-2)8-6-12/h5-8,11,14-15H,3-4,9-10H2,1-2H3. The molecule has 17 heavy (non-hydrogen) atoms. The molecule has 1 aromatic carbocycles. The minimum Gasteiger partial charge on any atom is -0.497 e. The molecule has 1 aliphatic carbocycles. The van der Waals surface area contributed by atoms with Crippen molar-refractivity contribution in [3.8, 4) is 5.75 Å². The first-order chi connectivity index (χ1) is 8.35. The van der Waals surface area contributed by atoms with Crippen molar-refractivity contribution in [3.63, 3.8) is 0 Å². The molecule has 0 heterocycles. The Kier molecular flexibility index (Phi) is 4.40. The molecule has 1 fully saturated rings. The summed E-state index contributed by atoms with van der Waals surface area (Å²) in [5.41, 5.74) is 1.35. The number of methoxy groups -OCH3 is 2. The lowest BCUT2D eigenvalue weighted by molar-refractivity contribution is 0.194. The van der Waals surface area contributed by atoms with E-state index in [4.69, 9.17) is 9.47 Å². The number of nitrogens with one attached hydrogen (secondary N) is 1. The van der Waals surface area contributed by atoms with Crippen molar-refractivity contribution in [2.24, 2.45) is 5.92 Å². The Morgan fingerprint density at radius 3 is 2.47 bits per heavy atom. The molecule has 0 aromatic heterocycles. The van der Waals surface area contributed by atoms with E-state index >= 15 is 0 Å². The molecule has 0 amide bonds. The van der Waals surface area contributed by atoms with Gasteiger partial charge in [0.15, 0.2) is 0 Å². The molecule has 1 aliphatic rings. The van der Waals surface area contributed by atoms with Crippen LogP contribution in [0.5, 0.6) is 5.75 Å². The monoisotopic (exact) mass is 235 g/mol. The average molecular weight is 235 g/mol. The second-order valence-electron chi connectivity index (χ2n) is 4.54. The van der Waals surface area contributed by atoms with Crippen LogP contribution in [0, 0.1) is 5.92 Å². The maximum Gasteiger partial charge on any atom is 0.118 e. The van der Waals surface area contributed by atoms with Gasteiger partial charge in [-0.2, -0.15) is 0 Å². The van der Waals surface area contributed by atoms with E-state index in [1.807, 2.05) is 12.1 Å². The number of rotatable bonds is 7. The first-order valence-electron chi connectivity index (χ1n) is 6.21. The predicted molar refractivity (Wildman–Crippen MR) is 68.3 cm³/mol. The normalized spacial score (nSPS) is 16.8. The molecular weight excluding hydrogens is 214 g/mol. The molecule has 3 nitrogen and oxygen atoms in total. The summed E-state index contributed by atoms with van der Waals surface area (Å²) >= 11 is 0. The second kappa shape index (κ2) is 6.03. The van der Waals surface area contributed by atoms with E-state index < -0.39 is 0 Å². The molecule has 2 rings (SSSR count). The number of benzene rings is 1. The summed E-state index contributed by atoms with van der Waals surface area (Å²) in [6.07, 6.45) is 2.66. The topological polar surface area (TPSA) is 30.5 Å². The van der Waals surface area contributed by atoms with Gasteiger partial charge in [0.25, 0.3) is 0 Å². The van der Waals surface area contributed by atoms with E-state index in [9.17, 15) is 0 Å². The largest absolute Gasteiger partial charge is 0.497 e. The van der Waals surface area contributed by atoms with Crippen LogP contribution in [0.3, 0.4) is 0 Å². The molecule has 1 N–H and O–H groups in total. The van der Waals surface area contributed by atoms with E-state index in [-0.39, 0.29) is 0 Å². The van der Waals surface area contributed by atoms with Gasteiger partial charge in [-0.3, -0.25) is 0 Å². The van der Waals surface area contributed by atoms with E-state index in [0.29, 0.717) is 6.04 Å². The van der Waals surface area contributed by atoms with Crippen molar-refractivity contribution in [2.45, 2.75) is 18.9 Å². The minimum absolute atomic E-state index is 0.469. The van der Waals surface area contributed by atoms with Crippen molar-refractivity contribution in [1.29, 1.82) is 0 Å².